The number of carbonyl (C=O) groups is 2. The fourth-order valence-electron chi connectivity index (χ4n) is 2.58. The zero-order valence-electron chi connectivity index (χ0n) is 15.5. The highest BCUT2D eigenvalue weighted by atomic mass is 16.5. The van der Waals surface area contributed by atoms with Gasteiger partial charge in [-0.25, -0.2) is 0 Å². The highest BCUT2D eigenvalue weighted by Crippen LogP contribution is 2.18. The molecule has 1 heterocycles. The molecule has 3 aromatic rings. The smallest absolute Gasteiger partial charge is 0.255 e. The summed E-state index contributed by atoms with van der Waals surface area (Å²) < 4.78 is 7.00. The lowest BCUT2D eigenvalue weighted by Crippen LogP contribution is -2.33. The third-order valence-corrected chi connectivity index (χ3v) is 3.84. The number of para-hydroxylation sites is 1. The van der Waals surface area contributed by atoms with E-state index in [4.69, 9.17) is 4.74 Å². The van der Waals surface area contributed by atoms with Crippen molar-refractivity contribution in [2.45, 2.75) is 13.8 Å². The van der Waals surface area contributed by atoms with Gasteiger partial charge in [-0.1, -0.05) is 18.2 Å². The Morgan fingerprint density at radius 2 is 1.96 bits per heavy atom. The predicted molar refractivity (Wildman–Crippen MR) is 102 cm³/mol. The zero-order valence-corrected chi connectivity index (χ0v) is 15.5. The van der Waals surface area contributed by atoms with Gasteiger partial charge in [0.15, 0.2) is 5.82 Å². The summed E-state index contributed by atoms with van der Waals surface area (Å²) in [7, 11) is 0. The zero-order chi connectivity index (χ0) is 19.9. The largest absolute Gasteiger partial charge is 0.493 e. The molecule has 0 aliphatic rings. The average Bonchev–Trinajstić information content (AvgIpc) is 3.13. The Kier molecular flexibility index (Phi) is 5.95. The fraction of sp³-hybridized carbons (Fsp3) is 0.211. The van der Waals surface area contributed by atoms with Crippen LogP contribution in [0.3, 0.4) is 0 Å². The molecule has 0 bridgehead atoms. The van der Waals surface area contributed by atoms with Gasteiger partial charge in [-0.3, -0.25) is 9.59 Å². The normalized spacial score (nSPS) is 10.4. The van der Waals surface area contributed by atoms with Gasteiger partial charge < -0.3 is 15.4 Å². The number of anilines is 1. The molecule has 0 unspecified atom stereocenters. The van der Waals surface area contributed by atoms with Crippen molar-refractivity contribution in [2.75, 3.05) is 18.5 Å². The average molecular weight is 380 g/mol. The van der Waals surface area contributed by atoms with Crippen LogP contribution in [-0.2, 0) is 4.79 Å². The molecule has 0 radical (unpaired) electrons. The molecule has 0 aliphatic carbocycles. The number of tetrazole rings is 1. The Bertz CT molecular complexity index is 985. The molecular formula is C19H20N6O3. The van der Waals surface area contributed by atoms with Gasteiger partial charge >= 0.3 is 0 Å². The van der Waals surface area contributed by atoms with Crippen LogP contribution < -0.4 is 15.4 Å². The standard InChI is InChI=1S/C19H20N6O3/c1-3-28-17-10-5-4-9-16(17)19(27)20-12-18(26)21-14-7-6-8-15(11-14)25-13(2)22-23-24-25/h4-11H,3,12H2,1-2H3,(H,20,27)(H,21,26). The third kappa shape index (κ3) is 4.50. The summed E-state index contributed by atoms with van der Waals surface area (Å²) in [5.74, 6) is 0.376. The summed E-state index contributed by atoms with van der Waals surface area (Å²) in [4.78, 5) is 24.6. The van der Waals surface area contributed by atoms with Crippen molar-refractivity contribution in [2.24, 2.45) is 0 Å². The molecule has 0 saturated carbocycles. The highest BCUT2D eigenvalue weighted by molar-refractivity contribution is 6.00. The Labute approximate surface area is 161 Å². The maximum atomic E-state index is 12.3. The van der Waals surface area contributed by atoms with Crippen molar-refractivity contribution < 1.29 is 14.3 Å². The number of amides is 2. The Morgan fingerprint density at radius 1 is 1.14 bits per heavy atom. The van der Waals surface area contributed by atoms with Gasteiger partial charge in [0.05, 0.1) is 24.4 Å². The maximum absolute atomic E-state index is 12.3. The van der Waals surface area contributed by atoms with E-state index in [9.17, 15) is 9.59 Å². The van der Waals surface area contributed by atoms with Crippen molar-refractivity contribution in [3.8, 4) is 11.4 Å². The minimum atomic E-state index is -0.378. The molecule has 9 nitrogen and oxygen atoms in total. The van der Waals surface area contributed by atoms with Gasteiger partial charge in [0.2, 0.25) is 5.91 Å². The Balaban J connectivity index is 1.61. The molecule has 3 rings (SSSR count). The summed E-state index contributed by atoms with van der Waals surface area (Å²) in [6, 6.07) is 14.0. The monoisotopic (exact) mass is 380 g/mol. The van der Waals surface area contributed by atoms with E-state index in [0.717, 1.165) is 5.69 Å². The minimum Gasteiger partial charge on any atom is -0.493 e. The molecule has 2 amide bonds. The van der Waals surface area contributed by atoms with Crippen molar-refractivity contribution in [1.82, 2.24) is 25.5 Å². The van der Waals surface area contributed by atoms with E-state index >= 15 is 0 Å². The van der Waals surface area contributed by atoms with Gasteiger partial charge in [0.25, 0.3) is 5.91 Å². The molecule has 9 heteroatoms. The number of benzene rings is 2. The number of hydrogen-bond acceptors (Lipinski definition) is 6. The van der Waals surface area contributed by atoms with Crippen LogP contribution in [0.25, 0.3) is 5.69 Å². The van der Waals surface area contributed by atoms with Crippen LogP contribution in [0.1, 0.15) is 23.1 Å². The number of ether oxygens (including phenoxy) is 1. The van der Waals surface area contributed by atoms with Gasteiger partial charge in [-0.15, -0.1) is 5.10 Å². The van der Waals surface area contributed by atoms with Gasteiger partial charge in [-0.2, -0.15) is 4.68 Å². The fourth-order valence-corrected chi connectivity index (χ4v) is 2.58. The van der Waals surface area contributed by atoms with Crippen molar-refractivity contribution in [3.05, 3.63) is 59.9 Å². The molecule has 28 heavy (non-hydrogen) atoms. The second-order valence-electron chi connectivity index (χ2n) is 5.85. The van der Waals surface area contributed by atoms with Crippen molar-refractivity contribution >= 4 is 17.5 Å². The van der Waals surface area contributed by atoms with E-state index < -0.39 is 0 Å². The number of aromatic nitrogens is 4. The number of carbonyl (C=O) groups excluding carboxylic acids is 2. The maximum Gasteiger partial charge on any atom is 0.255 e. The van der Waals surface area contributed by atoms with Crippen LogP contribution in [0.4, 0.5) is 5.69 Å². The van der Waals surface area contributed by atoms with Crippen molar-refractivity contribution in [1.29, 1.82) is 0 Å². The second-order valence-corrected chi connectivity index (χ2v) is 5.85. The number of rotatable bonds is 7. The lowest BCUT2D eigenvalue weighted by atomic mass is 10.2. The highest BCUT2D eigenvalue weighted by Gasteiger charge is 2.13. The van der Waals surface area contributed by atoms with E-state index in [1.165, 1.54) is 0 Å². The summed E-state index contributed by atoms with van der Waals surface area (Å²) in [6.07, 6.45) is 0. The van der Waals surface area contributed by atoms with E-state index in [-0.39, 0.29) is 18.4 Å². The predicted octanol–water partition coefficient (Wildman–Crippen LogP) is 1.74. The first-order valence-electron chi connectivity index (χ1n) is 8.73. The molecule has 0 saturated heterocycles. The van der Waals surface area contributed by atoms with Gasteiger partial charge in [0, 0.05) is 5.69 Å². The lowest BCUT2D eigenvalue weighted by Gasteiger charge is -2.11. The number of nitrogens with zero attached hydrogens (tertiary/aromatic N) is 4. The second kappa shape index (κ2) is 8.76. The van der Waals surface area contributed by atoms with Crippen LogP contribution in [-0.4, -0.2) is 45.2 Å². The van der Waals surface area contributed by atoms with E-state index in [1.807, 2.05) is 13.0 Å². The van der Waals surface area contributed by atoms with Crippen LogP contribution >= 0.6 is 0 Å². The molecule has 2 N–H and O–H groups in total. The first-order chi connectivity index (χ1) is 13.6. The summed E-state index contributed by atoms with van der Waals surface area (Å²) in [5.41, 5.74) is 1.67. The van der Waals surface area contributed by atoms with E-state index in [1.54, 1.807) is 54.1 Å². The third-order valence-electron chi connectivity index (χ3n) is 3.84. The van der Waals surface area contributed by atoms with E-state index in [2.05, 4.69) is 26.2 Å². The molecule has 0 fully saturated rings. The molecule has 0 spiro atoms. The van der Waals surface area contributed by atoms with Crippen LogP contribution in [0.2, 0.25) is 0 Å². The van der Waals surface area contributed by atoms with Gasteiger partial charge in [0.1, 0.15) is 5.75 Å². The molecule has 144 valence electrons. The number of aryl methyl sites for hydroxylation is 1. The van der Waals surface area contributed by atoms with Gasteiger partial charge in [-0.05, 0) is 54.6 Å². The van der Waals surface area contributed by atoms with Crippen molar-refractivity contribution in [3.63, 3.8) is 0 Å². The summed E-state index contributed by atoms with van der Waals surface area (Å²) in [5, 5.41) is 16.7. The van der Waals surface area contributed by atoms with Crippen LogP contribution in [0.15, 0.2) is 48.5 Å². The minimum absolute atomic E-state index is 0.173. The molecule has 0 aliphatic heterocycles. The topological polar surface area (TPSA) is 111 Å². The first kappa shape index (κ1) is 19.0. The van der Waals surface area contributed by atoms with Crippen LogP contribution in [0, 0.1) is 6.92 Å². The summed E-state index contributed by atoms with van der Waals surface area (Å²) in [6.45, 7) is 3.89. The molecular weight excluding hydrogens is 360 g/mol. The Hall–Kier alpha value is -3.75. The number of hydrogen-bond donors (Lipinski definition) is 2. The summed E-state index contributed by atoms with van der Waals surface area (Å²) >= 11 is 0. The first-order valence-corrected chi connectivity index (χ1v) is 8.73. The van der Waals surface area contributed by atoms with Crippen LogP contribution in [0.5, 0.6) is 5.75 Å². The number of nitrogens with one attached hydrogen (secondary N) is 2. The molecule has 0 atom stereocenters. The molecule has 2 aromatic carbocycles. The SMILES string of the molecule is CCOc1ccccc1C(=O)NCC(=O)Nc1cccc(-n2nnnc2C)c1. The lowest BCUT2D eigenvalue weighted by molar-refractivity contribution is -0.115. The quantitative estimate of drug-likeness (QED) is 0.646. The Morgan fingerprint density at radius 3 is 2.71 bits per heavy atom. The molecule has 1 aromatic heterocycles. The van der Waals surface area contributed by atoms with E-state index in [0.29, 0.717) is 29.4 Å².